The Balaban J connectivity index is 2.27. The van der Waals surface area contributed by atoms with E-state index in [2.05, 4.69) is 0 Å². The number of carbonyl (C=O) groups is 1. The van der Waals surface area contributed by atoms with Crippen molar-refractivity contribution in [2.24, 2.45) is 0 Å². The molecule has 0 aliphatic rings. The van der Waals surface area contributed by atoms with Gasteiger partial charge in [0, 0.05) is 0 Å². The number of hydrogen-bond donors (Lipinski definition) is 0. The Morgan fingerprint density at radius 2 is 1.95 bits per heavy atom. The molecule has 2 aromatic carbocycles. The fourth-order valence-corrected chi connectivity index (χ4v) is 2.00. The number of esters is 1. The number of ether oxygens (including phenoxy) is 2. The molecule has 0 aliphatic heterocycles. The quantitative estimate of drug-likeness (QED) is 0.800. The molecule has 0 saturated carbocycles. The summed E-state index contributed by atoms with van der Waals surface area (Å²) in [6.45, 7) is 1.55. The first-order valence-corrected chi connectivity index (χ1v) is 6.27. The van der Waals surface area contributed by atoms with Gasteiger partial charge < -0.3 is 9.47 Å². The molecule has 0 radical (unpaired) electrons. The van der Waals surface area contributed by atoms with Gasteiger partial charge in [-0.3, -0.25) is 4.79 Å². The van der Waals surface area contributed by atoms with Crippen LogP contribution in [0.25, 0.3) is 10.8 Å². The van der Waals surface area contributed by atoms with E-state index in [1.165, 1.54) is 0 Å². The van der Waals surface area contributed by atoms with E-state index in [9.17, 15) is 4.79 Å². The van der Waals surface area contributed by atoms with E-state index < -0.39 is 5.92 Å². The van der Waals surface area contributed by atoms with Crippen LogP contribution in [0.2, 0.25) is 0 Å². The van der Waals surface area contributed by atoms with Crippen molar-refractivity contribution in [3.63, 3.8) is 0 Å². The number of nitrogens with zero attached hydrogens (tertiary/aromatic N) is 1. The Kier molecular flexibility index (Phi) is 4.21. The van der Waals surface area contributed by atoms with E-state index in [4.69, 9.17) is 14.7 Å². The van der Waals surface area contributed by atoms with Gasteiger partial charge in [0.2, 0.25) is 0 Å². The Morgan fingerprint density at radius 1 is 1.25 bits per heavy atom. The molecule has 4 nitrogen and oxygen atoms in total. The van der Waals surface area contributed by atoms with E-state index in [1.54, 1.807) is 20.1 Å². The SMILES string of the molecule is COc1ccc2cc([C@H](C)C(=O)OCC#N)ccc2c1. The zero-order valence-corrected chi connectivity index (χ0v) is 11.4. The minimum absolute atomic E-state index is 0.214. The minimum Gasteiger partial charge on any atom is -0.497 e. The number of hydrogen-bond acceptors (Lipinski definition) is 4. The number of nitriles is 1. The first-order valence-electron chi connectivity index (χ1n) is 6.27. The molecule has 0 heterocycles. The summed E-state index contributed by atoms with van der Waals surface area (Å²) in [6, 6.07) is 13.3. The van der Waals surface area contributed by atoms with Crippen molar-refractivity contribution in [2.45, 2.75) is 12.8 Å². The lowest BCUT2D eigenvalue weighted by Crippen LogP contribution is -2.13. The standard InChI is InChI=1S/C16H15NO3/c1-11(16(18)20-8-7-17)12-3-4-14-10-15(19-2)6-5-13(14)9-12/h3-6,9-11H,8H2,1-2H3/t11-/m0/s1. The summed E-state index contributed by atoms with van der Waals surface area (Å²) < 4.78 is 10.0. The average Bonchev–Trinajstić information content (AvgIpc) is 2.50. The van der Waals surface area contributed by atoms with Crippen molar-refractivity contribution >= 4 is 16.7 Å². The first-order chi connectivity index (χ1) is 9.65. The van der Waals surface area contributed by atoms with Crippen LogP contribution in [0.3, 0.4) is 0 Å². The number of fused-ring (bicyclic) bond motifs is 1. The van der Waals surface area contributed by atoms with Crippen LogP contribution in [-0.2, 0) is 9.53 Å². The Hall–Kier alpha value is -2.54. The molecule has 4 heteroatoms. The van der Waals surface area contributed by atoms with Crippen LogP contribution in [0.1, 0.15) is 18.4 Å². The molecule has 0 saturated heterocycles. The molecule has 2 aromatic rings. The van der Waals surface area contributed by atoms with Crippen LogP contribution in [-0.4, -0.2) is 19.7 Å². The van der Waals surface area contributed by atoms with Crippen molar-refractivity contribution in [3.05, 3.63) is 42.0 Å². The maximum absolute atomic E-state index is 11.7. The highest BCUT2D eigenvalue weighted by molar-refractivity contribution is 5.86. The van der Waals surface area contributed by atoms with Gasteiger partial charge in [0.05, 0.1) is 13.0 Å². The van der Waals surface area contributed by atoms with Gasteiger partial charge in [-0.15, -0.1) is 0 Å². The molecule has 2 rings (SSSR count). The fraction of sp³-hybridized carbons (Fsp3) is 0.250. The van der Waals surface area contributed by atoms with Gasteiger partial charge in [0.15, 0.2) is 6.61 Å². The molecular formula is C16H15NO3. The highest BCUT2D eigenvalue weighted by atomic mass is 16.5. The predicted octanol–water partition coefficient (Wildman–Crippen LogP) is 3.02. The lowest BCUT2D eigenvalue weighted by Gasteiger charge is -2.11. The topological polar surface area (TPSA) is 59.3 Å². The lowest BCUT2D eigenvalue weighted by atomic mass is 9.98. The maximum atomic E-state index is 11.7. The highest BCUT2D eigenvalue weighted by Crippen LogP contribution is 2.25. The van der Waals surface area contributed by atoms with Gasteiger partial charge >= 0.3 is 5.97 Å². The molecule has 102 valence electrons. The van der Waals surface area contributed by atoms with Gasteiger partial charge in [-0.25, -0.2) is 0 Å². The molecule has 20 heavy (non-hydrogen) atoms. The molecule has 0 bridgehead atoms. The van der Waals surface area contributed by atoms with Gasteiger partial charge in [-0.2, -0.15) is 5.26 Å². The second-order valence-electron chi connectivity index (χ2n) is 4.46. The fourth-order valence-electron chi connectivity index (χ4n) is 2.00. The normalized spacial score (nSPS) is 11.7. The van der Waals surface area contributed by atoms with Crippen molar-refractivity contribution in [2.75, 3.05) is 13.7 Å². The number of methoxy groups -OCH3 is 1. The largest absolute Gasteiger partial charge is 0.497 e. The molecule has 0 fully saturated rings. The van der Waals surface area contributed by atoms with E-state index in [-0.39, 0.29) is 12.6 Å². The molecule has 0 spiro atoms. The van der Waals surface area contributed by atoms with Gasteiger partial charge in [-0.05, 0) is 35.4 Å². The van der Waals surface area contributed by atoms with Gasteiger partial charge in [0.1, 0.15) is 11.8 Å². The predicted molar refractivity (Wildman–Crippen MR) is 75.5 cm³/mol. The summed E-state index contributed by atoms with van der Waals surface area (Å²) in [7, 11) is 1.63. The summed E-state index contributed by atoms with van der Waals surface area (Å²) in [5.74, 6) is 0.0148. The highest BCUT2D eigenvalue weighted by Gasteiger charge is 2.16. The number of benzene rings is 2. The van der Waals surface area contributed by atoms with E-state index in [0.717, 1.165) is 22.1 Å². The molecule has 0 N–H and O–H groups in total. The molecule has 0 aromatic heterocycles. The Labute approximate surface area is 117 Å². The van der Waals surface area contributed by atoms with E-state index >= 15 is 0 Å². The summed E-state index contributed by atoms with van der Waals surface area (Å²) >= 11 is 0. The third-order valence-electron chi connectivity index (χ3n) is 3.20. The Morgan fingerprint density at radius 3 is 2.65 bits per heavy atom. The van der Waals surface area contributed by atoms with Crippen molar-refractivity contribution in [1.29, 1.82) is 5.26 Å². The van der Waals surface area contributed by atoms with Crippen LogP contribution < -0.4 is 4.74 Å². The zero-order chi connectivity index (χ0) is 14.5. The second kappa shape index (κ2) is 6.07. The van der Waals surface area contributed by atoms with E-state index in [0.29, 0.717) is 0 Å². The smallest absolute Gasteiger partial charge is 0.314 e. The summed E-state index contributed by atoms with van der Waals surface area (Å²) in [4.78, 5) is 11.7. The molecular weight excluding hydrogens is 254 g/mol. The van der Waals surface area contributed by atoms with Crippen molar-refractivity contribution < 1.29 is 14.3 Å². The summed E-state index contributed by atoms with van der Waals surface area (Å²) in [5.41, 5.74) is 0.866. The van der Waals surface area contributed by atoms with Gasteiger partial charge in [-0.1, -0.05) is 24.3 Å². The van der Waals surface area contributed by atoms with Crippen LogP contribution in [0, 0.1) is 11.3 Å². The number of carbonyl (C=O) groups excluding carboxylic acids is 1. The minimum atomic E-state index is -0.394. The maximum Gasteiger partial charge on any atom is 0.314 e. The van der Waals surface area contributed by atoms with Crippen molar-refractivity contribution in [1.82, 2.24) is 0 Å². The average molecular weight is 269 g/mol. The summed E-state index contributed by atoms with van der Waals surface area (Å²) in [6.07, 6.45) is 0. The Bertz CT molecular complexity index is 673. The lowest BCUT2D eigenvalue weighted by molar-refractivity contribution is -0.143. The molecule has 0 aliphatic carbocycles. The van der Waals surface area contributed by atoms with E-state index in [1.807, 2.05) is 36.4 Å². The third kappa shape index (κ3) is 2.89. The van der Waals surface area contributed by atoms with Crippen molar-refractivity contribution in [3.8, 4) is 11.8 Å². The number of rotatable bonds is 4. The van der Waals surface area contributed by atoms with Crippen LogP contribution in [0.4, 0.5) is 0 Å². The first kappa shape index (κ1) is 13.9. The molecule has 0 unspecified atom stereocenters. The summed E-state index contributed by atoms with van der Waals surface area (Å²) in [5, 5.41) is 10.5. The zero-order valence-electron chi connectivity index (χ0n) is 11.4. The monoisotopic (exact) mass is 269 g/mol. The molecule has 1 atom stereocenters. The molecule has 0 amide bonds. The second-order valence-corrected chi connectivity index (χ2v) is 4.46. The third-order valence-corrected chi connectivity index (χ3v) is 3.20. The van der Waals surface area contributed by atoms with Crippen LogP contribution >= 0.6 is 0 Å². The van der Waals surface area contributed by atoms with Gasteiger partial charge in [0.25, 0.3) is 0 Å². The van der Waals surface area contributed by atoms with Crippen LogP contribution in [0.15, 0.2) is 36.4 Å². The van der Waals surface area contributed by atoms with Crippen LogP contribution in [0.5, 0.6) is 5.75 Å².